The zero-order valence-corrected chi connectivity index (χ0v) is 14.4. The standard InChI is InChI=1S/C15H22N2S3/c1-9-14(19-7-6-18-9)15-17-13(10-2-3-10)12(20-15)8-16-11-4-5-11/h9-11,14,16H,2-8H2,1H3. The van der Waals surface area contributed by atoms with Crippen LogP contribution in [-0.2, 0) is 6.54 Å². The van der Waals surface area contributed by atoms with Crippen LogP contribution in [0.5, 0.6) is 0 Å². The molecule has 110 valence electrons. The minimum Gasteiger partial charge on any atom is -0.309 e. The molecule has 2 saturated carbocycles. The minimum atomic E-state index is 0.630. The summed E-state index contributed by atoms with van der Waals surface area (Å²) in [5, 5.41) is 6.44. The lowest BCUT2D eigenvalue weighted by Crippen LogP contribution is -2.15. The molecule has 4 rings (SSSR count). The van der Waals surface area contributed by atoms with Gasteiger partial charge < -0.3 is 5.32 Å². The van der Waals surface area contributed by atoms with Crippen molar-refractivity contribution in [3.63, 3.8) is 0 Å². The largest absolute Gasteiger partial charge is 0.309 e. The summed E-state index contributed by atoms with van der Waals surface area (Å²) in [5.74, 6) is 3.38. The molecule has 0 spiro atoms. The molecule has 3 aliphatic rings. The van der Waals surface area contributed by atoms with Gasteiger partial charge in [0.15, 0.2) is 0 Å². The van der Waals surface area contributed by atoms with E-state index in [0.717, 1.165) is 23.8 Å². The average Bonchev–Trinajstić information content (AvgIpc) is 3.36. The average molecular weight is 327 g/mol. The fourth-order valence-corrected chi connectivity index (χ4v) is 7.00. The molecule has 20 heavy (non-hydrogen) atoms. The van der Waals surface area contributed by atoms with Crippen LogP contribution in [0.25, 0.3) is 0 Å². The molecule has 0 amide bonds. The molecule has 1 N–H and O–H groups in total. The number of aromatic nitrogens is 1. The van der Waals surface area contributed by atoms with Crippen LogP contribution in [0.2, 0.25) is 0 Å². The minimum absolute atomic E-state index is 0.630. The molecule has 1 aliphatic heterocycles. The molecule has 3 fully saturated rings. The van der Waals surface area contributed by atoms with Crippen molar-refractivity contribution in [1.29, 1.82) is 0 Å². The maximum atomic E-state index is 5.09. The Morgan fingerprint density at radius 1 is 1.15 bits per heavy atom. The predicted molar refractivity (Wildman–Crippen MR) is 91.1 cm³/mol. The lowest BCUT2D eigenvalue weighted by Gasteiger charge is -2.25. The van der Waals surface area contributed by atoms with Crippen LogP contribution in [0.4, 0.5) is 0 Å². The lowest BCUT2D eigenvalue weighted by molar-refractivity contribution is 0.688. The molecule has 0 bridgehead atoms. The van der Waals surface area contributed by atoms with Crippen LogP contribution in [0.1, 0.15) is 59.4 Å². The maximum Gasteiger partial charge on any atom is 0.107 e. The van der Waals surface area contributed by atoms with Crippen molar-refractivity contribution in [3.05, 3.63) is 15.6 Å². The van der Waals surface area contributed by atoms with E-state index in [1.807, 2.05) is 11.3 Å². The highest BCUT2D eigenvalue weighted by Gasteiger charge is 2.33. The van der Waals surface area contributed by atoms with Crippen LogP contribution < -0.4 is 5.32 Å². The van der Waals surface area contributed by atoms with Crippen LogP contribution in [0.15, 0.2) is 0 Å². The van der Waals surface area contributed by atoms with E-state index in [-0.39, 0.29) is 0 Å². The fourth-order valence-electron chi connectivity index (χ4n) is 2.74. The molecule has 2 nitrogen and oxygen atoms in total. The number of thiazole rings is 1. The predicted octanol–water partition coefficient (Wildman–Crippen LogP) is 4.18. The zero-order chi connectivity index (χ0) is 13.5. The van der Waals surface area contributed by atoms with E-state index in [1.165, 1.54) is 52.8 Å². The molecule has 0 aromatic carbocycles. The van der Waals surface area contributed by atoms with Gasteiger partial charge in [0, 0.05) is 40.1 Å². The highest BCUT2D eigenvalue weighted by molar-refractivity contribution is 8.06. The van der Waals surface area contributed by atoms with E-state index in [4.69, 9.17) is 4.98 Å². The van der Waals surface area contributed by atoms with Crippen LogP contribution in [-0.4, -0.2) is 27.8 Å². The van der Waals surface area contributed by atoms with Crippen molar-refractivity contribution in [2.75, 3.05) is 11.5 Å². The molecular formula is C15H22N2S3. The summed E-state index contributed by atoms with van der Waals surface area (Å²) in [5.41, 5.74) is 1.45. The van der Waals surface area contributed by atoms with Gasteiger partial charge in [0.05, 0.1) is 10.9 Å². The Morgan fingerprint density at radius 2 is 1.95 bits per heavy atom. The number of hydrogen-bond donors (Lipinski definition) is 1. The second-order valence-electron chi connectivity index (χ2n) is 6.16. The SMILES string of the molecule is CC1SCCSC1c1nc(C2CC2)c(CNC2CC2)s1. The van der Waals surface area contributed by atoms with Crippen LogP contribution in [0, 0.1) is 0 Å². The molecule has 2 atom stereocenters. The molecule has 5 heteroatoms. The summed E-state index contributed by atoms with van der Waals surface area (Å²) in [6, 6.07) is 0.797. The van der Waals surface area contributed by atoms with E-state index in [0.29, 0.717) is 5.25 Å². The first-order chi connectivity index (χ1) is 9.81. The third-order valence-electron chi connectivity index (χ3n) is 4.27. The summed E-state index contributed by atoms with van der Waals surface area (Å²) in [7, 11) is 0. The summed E-state index contributed by atoms with van der Waals surface area (Å²) >= 11 is 6.24. The number of hydrogen-bond acceptors (Lipinski definition) is 5. The third kappa shape index (κ3) is 3.06. The third-order valence-corrected chi connectivity index (χ3v) is 8.67. The van der Waals surface area contributed by atoms with Crippen molar-refractivity contribution >= 4 is 34.9 Å². The highest BCUT2D eigenvalue weighted by Crippen LogP contribution is 2.48. The Labute approximate surface area is 133 Å². The Balaban J connectivity index is 1.54. The molecule has 0 radical (unpaired) electrons. The molecule has 1 saturated heterocycles. The van der Waals surface area contributed by atoms with Crippen molar-refractivity contribution in [2.45, 2.75) is 61.6 Å². The summed E-state index contributed by atoms with van der Waals surface area (Å²) in [6.45, 7) is 3.44. The smallest absolute Gasteiger partial charge is 0.107 e. The maximum absolute atomic E-state index is 5.09. The van der Waals surface area contributed by atoms with Crippen molar-refractivity contribution in [3.8, 4) is 0 Å². The highest BCUT2D eigenvalue weighted by atomic mass is 32.2. The second-order valence-corrected chi connectivity index (χ2v) is 10.0. The molecule has 1 aromatic heterocycles. The van der Waals surface area contributed by atoms with Gasteiger partial charge in [-0.15, -0.1) is 23.1 Å². The Bertz CT molecular complexity index is 479. The first-order valence-corrected chi connectivity index (χ1v) is 10.7. The van der Waals surface area contributed by atoms with Crippen LogP contribution >= 0.6 is 34.9 Å². The number of thioether (sulfide) groups is 2. The quantitative estimate of drug-likeness (QED) is 0.877. The van der Waals surface area contributed by atoms with Gasteiger partial charge in [-0.25, -0.2) is 4.98 Å². The Morgan fingerprint density at radius 3 is 2.65 bits per heavy atom. The Kier molecular flexibility index (Phi) is 4.05. The van der Waals surface area contributed by atoms with Crippen molar-refractivity contribution < 1.29 is 0 Å². The topological polar surface area (TPSA) is 24.9 Å². The molecule has 2 aliphatic carbocycles. The molecule has 1 aromatic rings. The van der Waals surface area contributed by atoms with Gasteiger partial charge in [0.1, 0.15) is 5.01 Å². The monoisotopic (exact) mass is 326 g/mol. The summed E-state index contributed by atoms with van der Waals surface area (Å²) in [6.07, 6.45) is 5.47. The summed E-state index contributed by atoms with van der Waals surface area (Å²) < 4.78 is 0. The van der Waals surface area contributed by atoms with Gasteiger partial charge >= 0.3 is 0 Å². The Hall–Kier alpha value is 0.290. The van der Waals surface area contributed by atoms with Gasteiger partial charge in [-0.05, 0) is 25.7 Å². The molecule has 2 heterocycles. The normalized spacial score (nSPS) is 30.6. The second kappa shape index (κ2) is 5.82. The van der Waals surface area contributed by atoms with Crippen molar-refractivity contribution in [1.82, 2.24) is 10.3 Å². The summed E-state index contributed by atoms with van der Waals surface area (Å²) in [4.78, 5) is 6.63. The van der Waals surface area contributed by atoms with Crippen LogP contribution in [0.3, 0.4) is 0 Å². The first kappa shape index (κ1) is 13.9. The first-order valence-electron chi connectivity index (χ1n) is 7.77. The molecular weight excluding hydrogens is 304 g/mol. The number of rotatable bonds is 5. The van der Waals surface area contributed by atoms with Gasteiger partial charge in [-0.1, -0.05) is 6.92 Å². The zero-order valence-electron chi connectivity index (χ0n) is 11.9. The fraction of sp³-hybridized carbons (Fsp3) is 0.800. The number of nitrogens with one attached hydrogen (secondary N) is 1. The number of nitrogens with zero attached hydrogens (tertiary/aromatic N) is 1. The van der Waals surface area contributed by atoms with Gasteiger partial charge in [-0.2, -0.15) is 11.8 Å². The van der Waals surface area contributed by atoms with Gasteiger partial charge in [-0.3, -0.25) is 0 Å². The molecule has 2 unspecified atom stereocenters. The lowest BCUT2D eigenvalue weighted by atomic mass is 10.2. The van der Waals surface area contributed by atoms with E-state index in [9.17, 15) is 0 Å². The van der Waals surface area contributed by atoms with Gasteiger partial charge in [0.2, 0.25) is 0 Å². The van der Waals surface area contributed by atoms with E-state index < -0.39 is 0 Å². The van der Waals surface area contributed by atoms with Gasteiger partial charge in [0.25, 0.3) is 0 Å². The van der Waals surface area contributed by atoms with E-state index >= 15 is 0 Å². The van der Waals surface area contributed by atoms with E-state index in [1.54, 1.807) is 0 Å². The van der Waals surface area contributed by atoms with Crippen molar-refractivity contribution in [2.24, 2.45) is 0 Å². The van der Waals surface area contributed by atoms with E-state index in [2.05, 4.69) is 35.8 Å².